The lowest BCUT2D eigenvalue weighted by atomic mass is 9.91. The fourth-order valence-corrected chi connectivity index (χ4v) is 4.12. The Morgan fingerprint density at radius 1 is 0.967 bits per heavy atom. The van der Waals surface area contributed by atoms with E-state index in [0.29, 0.717) is 26.0 Å². The van der Waals surface area contributed by atoms with Gasteiger partial charge in [-0.1, -0.05) is 51.9 Å². The van der Waals surface area contributed by atoms with Crippen LogP contribution in [0, 0.1) is 0 Å². The highest BCUT2D eigenvalue weighted by molar-refractivity contribution is 5.79. The smallest absolute Gasteiger partial charge is 0.407 e. The molecule has 0 unspecified atom stereocenters. The molecule has 0 aromatic heterocycles. The van der Waals surface area contributed by atoms with Crippen LogP contribution in [0.3, 0.4) is 0 Å². The van der Waals surface area contributed by atoms with Gasteiger partial charge in [0.25, 0.3) is 0 Å². The molecule has 0 radical (unpaired) electrons. The van der Waals surface area contributed by atoms with Crippen LogP contribution in [0.4, 0.5) is 4.79 Å². The summed E-state index contributed by atoms with van der Waals surface area (Å²) < 4.78 is 4.83. The highest BCUT2D eigenvalue weighted by atomic mass is 16.5. The van der Waals surface area contributed by atoms with Crippen LogP contribution in [-0.4, -0.2) is 48.4 Å². The van der Waals surface area contributed by atoms with Gasteiger partial charge >= 0.3 is 12.1 Å². The number of unbranched alkanes of at least 4 members (excludes halogenated alkanes) is 2. The molecule has 0 spiro atoms. The van der Waals surface area contributed by atoms with Crippen molar-refractivity contribution in [2.24, 2.45) is 5.73 Å². The van der Waals surface area contributed by atoms with Gasteiger partial charge in [-0.15, -0.1) is 0 Å². The van der Waals surface area contributed by atoms with E-state index in [-0.39, 0.29) is 0 Å². The Balaban J connectivity index is 0.000000308. The number of alkyl carbamates (subject to hydrolysis) is 1. The van der Waals surface area contributed by atoms with Crippen LogP contribution in [0.2, 0.25) is 0 Å². The molecule has 0 aliphatic heterocycles. The number of aliphatic carboxylic acids is 1. The molecule has 1 amide bonds. The first-order chi connectivity index (χ1) is 14.6. The number of amides is 1. The minimum atomic E-state index is -1.05. The van der Waals surface area contributed by atoms with Crippen molar-refractivity contribution in [3.05, 3.63) is 0 Å². The van der Waals surface area contributed by atoms with Crippen LogP contribution < -0.4 is 16.4 Å². The lowest BCUT2D eigenvalue weighted by Crippen LogP contribution is -2.41. The Bertz CT molecular complexity index is 434. The summed E-state index contributed by atoms with van der Waals surface area (Å²) in [5, 5.41) is 15.1. The highest BCUT2D eigenvalue weighted by Gasteiger charge is 2.20. The predicted octanol–water partition coefficient (Wildman–Crippen LogP) is 4.34. The number of carbonyl (C=O) groups excluding carboxylic acids is 1. The normalized spacial score (nSPS) is 18.7. The summed E-state index contributed by atoms with van der Waals surface area (Å²) in [6.45, 7) is 2.82. The molecule has 5 N–H and O–H groups in total. The van der Waals surface area contributed by atoms with Crippen molar-refractivity contribution in [2.45, 2.75) is 121 Å². The van der Waals surface area contributed by atoms with E-state index in [9.17, 15) is 9.59 Å². The average molecular weight is 428 g/mol. The zero-order valence-corrected chi connectivity index (χ0v) is 19.0. The summed E-state index contributed by atoms with van der Waals surface area (Å²) in [6, 6.07) is 0.851. The molecule has 2 aliphatic rings. The first kappa shape index (κ1) is 26.7. The summed E-state index contributed by atoms with van der Waals surface area (Å²) >= 11 is 0. The van der Waals surface area contributed by atoms with Crippen LogP contribution in [0.1, 0.15) is 103 Å². The van der Waals surface area contributed by atoms with Gasteiger partial charge in [-0.3, -0.25) is 0 Å². The molecule has 2 aliphatic carbocycles. The number of hydrogen-bond acceptors (Lipinski definition) is 5. The zero-order chi connectivity index (χ0) is 22.0. The maximum atomic E-state index is 11.2. The van der Waals surface area contributed by atoms with E-state index in [4.69, 9.17) is 15.6 Å². The van der Waals surface area contributed by atoms with Crippen molar-refractivity contribution in [2.75, 3.05) is 13.2 Å². The largest absolute Gasteiger partial charge is 0.480 e. The third kappa shape index (κ3) is 13.1. The molecule has 0 bridgehead atoms. The molecule has 30 heavy (non-hydrogen) atoms. The molecule has 7 heteroatoms. The van der Waals surface area contributed by atoms with Gasteiger partial charge in [0.1, 0.15) is 6.04 Å². The third-order valence-corrected chi connectivity index (χ3v) is 5.95. The second kappa shape index (κ2) is 17.4. The van der Waals surface area contributed by atoms with Crippen molar-refractivity contribution >= 4 is 12.1 Å². The van der Waals surface area contributed by atoms with E-state index >= 15 is 0 Å². The van der Waals surface area contributed by atoms with Crippen LogP contribution in [0.25, 0.3) is 0 Å². The molecule has 176 valence electrons. The van der Waals surface area contributed by atoms with Crippen LogP contribution >= 0.6 is 0 Å². The van der Waals surface area contributed by atoms with E-state index in [1.807, 2.05) is 6.92 Å². The van der Waals surface area contributed by atoms with Crippen LogP contribution in [0.15, 0.2) is 0 Å². The van der Waals surface area contributed by atoms with Gasteiger partial charge < -0.3 is 26.2 Å². The maximum Gasteiger partial charge on any atom is 0.407 e. The monoisotopic (exact) mass is 427 g/mol. The number of carboxylic acids is 1. The molecule has 2 fully saturated rings. The van der Waals surface area contributed by atoms with E-state index < -0.39 is 18.1 Å². The molecule has 2 saturated carbocycles. The minimum Gasteiger partial charge on any atom is -0.480 e. The van der Waals surface area contributed by atoms with Crippen LogP contribution in [-0.2, 0) is 9.53 Å². The minimum absolute atomic E-state index is 0.317. The van der Waals surface area contributed by atoms with Gasteiger partial charge in [0.2, 0.25) is 0 Å². The SMILES string of the molecule is C1CCC(NC2CCCCC2)CC1.CCCCOC(=O)N[C@@H](CCCCN)C(=O)O. The standard InChI is InChI=1S/C12H23N.C11H22N2O4/c1-3-7-11(8-4-1)13-12-9-5-2-6-10-12;1-2-3-8-17-11(16)13-9(10(14)15)6-4-5-7-12/h11-13H,1-10H2;9H,2-8,12H2,1H3,(H,13,16)(H,14,15)/t;9-/m.0/s1. The molecule has 0 heterocycles. The Kier molecular flexibility index (Phi) is 15.4. The van der Waals surface area contributed by atoms with E-state index in [1.165, 1.54) is 64.2 Å². The van der Waals surface area contributed by atoms with Gasteiger partial charge in [-0.25, -0.2) is 9.59 Å². The number of ether oxygens (including phenoxy) is 1. The number of nitrogens with two attached hydrogens (primary N) is 1. The predicted molar refractivity (Wildman–Crippen MR) is 121 cm³/mol. The first-order valence-electron chi connectivity index (χ1n) is 12.2. The van der Waals surface area contributed by atoms with E-state index in [0.717, 1.165) is 31.3 Å². The Labute approximate surface area is 182 Å². The zero-order valence-electron chi connectivity index (χ0n) is 19.0. The Morgan fingerprint density at radius 3 is 2.00 bits per heavy atom. The number of carbonyl (C=O) groups is 2. The summed E-state index contributed by atoms with van der Waals surface area (Å²) in [5.41, 5.74) is 5.31. The molecular formula is C23H45N3O4. The molecule has 1 atom stereocenters. The highest BCUT2D eigenvalue weighted by Crippen LogP contribution is 2.22. The van der Waals surface area contributed by atoms with Crippen molar-refractivity contribution in [3.8, 4) is 0 Å². The number of hydrogen-bond donors (Lipinski definition) is 4. The van der Waals surface area contributed by atoms with Crippen LogP contribution in [0.5, 0.6) is 0 Å². The number of rotatable bonds is 11. The Hall–Kier alpha value is -1.34. The molecule has 0 aromatic rings. The molecule has 2 rings (SSSR count). The Morgan fingerprint density at radius 2 is 1.53 bits per heavy atom. The lowest BCUT2D eigenvalue weighted by Gasteiger charge is -2.30. The van der Waals surface area contributed by atoms with Gasteiger partial charge in [0.15, 0.2) is 0 Å². The van der Waals surface area contributed by atoms with Gasteiger partial charge in [0.05, 0.1) is 6.61 Å². The van der Waals surface area contributed by atoms with Crippen molar-refractivity contribution in [3.63, 3.8) is 0 Å². The molecule has 7 nitrogen and oxygen atoms in total. The maximum absolute atomic E-state index is 11.2. The van der Waals surface area contributed by atoms with Gasteiger partial charge in [0, 0.05) is 12.1 Å². The quantitative estimate of drug-likeness (QED) is 0.365. The fourth-order valence-electron chi connectivity index (χ4n) is 4.12. The summed E-state index contributed by atoms with van der Waals surface area (Å²) in [4.78, 5) is 22.1. The summed E-state index contributed by atoms with van der Waals surface area (Å²) in [7, 11) is 0. The molecule has 0 saturated heterocycles. The third-order valence-electron chi connectivity index (χ3n) is 5.95. The topological polar surface area (TPSA) is 114 Å². The number of carboxylic acid groups (broad SMARTS) is 1. The number of nitrogens with one attached hydrogen (secondary N) is 2. The second-order valence-electron chi connectivity index (χ2n) is 8.65. The van der Waals surface area contributed by atoms with E-state index in [2.05, 4.69) is 10.6 Å². The van der Waals surface area contributed by atoms with Gasteiger partial charge in [-0.05, 0) is 57.9 Å². The lowest BCUT2D eigenvalue weighted by molar-refractivity contribution is -0.139. The van der Waals surface area contributed by atoms with E-state index in [1.54, 1.807) is 0 Å². The average Bonchev–Trinajstić information content (AvgIpc) is 2.75. The van der Waals surface area contributed by atoms with Crippen molar-refractivity contribution in [1.29, 1.82) is 0 Å². The fraction of sp³-hybridized carbons (Fsp3) is 0.913. The second-order valence-corrected chi connectivity index (χ2v) is 8.65. The molecule has 0 aromatic carbocycles. The summed E-state index contributed by atoms with van der Waals surface area (Å²) in [6.07, 6.45) is 17.4. The van der Waals surface area contributed by atoms with Crippen molar-refractivity contribution in [1.82, 2.24) is 10.6 Å². The first-order valence-corrected chi connectivity index (χ1v) is 12.2. The molecular weight excluding hydrogens is 382 g/mol. The van der Waals surface area contributed by atoms with Crippen molar-refractivity contribution < 1.29 is 19.4 Å². The van der Waals surface area contributed by atoms with Gasteiger partial charge in [-0.2, -0.15) is 0 Å². The summed E-state index contributed by atoms with van der Waals surface area (Å²) in [5.74, 6) is -1.05.